The van der Waals surface area contributed by atoms with Gasteiger partial charge in [0, 0.05) is 12.1 Å². The van der Waals surface area contributed by atoms with Crippen molar-refractivity contribution in [2.24, 2.45) is 5.73 Å². The summed E-state index contributed by atoms with van der Waals surface area (Å²) in [5.41, 5.74) is 8.17. The highest BCUT2D eigenvalue weighted by atomic mass is 16.1. The van der Waals surface area contributed by atoms with E-state index in [2.05, 4.69) is 31.1 Å². The van der Waals surface area contributed by atoms with Crippen molar-refractivity contribution in [3.05, 3.63) is 59.3 Å². The van der Waals surface area contributed by atoms with E-state index in [-0.39, 0.29) is 11.3 Å². The molecule has 4 heteroatoms. The minimum absolute atomic E-state index is 0.0754. The number of pyridine rings is 1. The monoisotopic (exact) mass is 283 g/mol. The minimum Gasteiger partial charge on any atom is -0.325 e. The molecule has 110 valence electrons. The first kappa shape index (κ1) is 15.2. The lowest BCUT2D eigenvalue weighted by Crippen LogP contribution is -2.15. The lowest BCUT2D eigenvalue weighted by atomic mass is 9.87. The van der Waals surface area contributed by atoms with Crippen molar-refractivity contribution in [2.45, 2.75) is 32.7 Å². The number of amides is 1. The summed E-state index contributed by atoms with van der Waals surface area (Å²) in [6.07, 6.45) is 0. The van der Waals surface area contributed by atoms with Crippen LogP contribution in [-0.4, -0.2) is 10.9 Å². The molecule has 4 nitrogen and oxygen atoms in total. The van der Waals surface area contributed by atoms with Crippen LogP contribution >= 0.6 is 0 Å². The molecule has 0 saturated heterocycles. The number of nitrogens with two attached hydrogens (primary N) is 1. The minimum atomic E-state index is -0.169. The number of benzene rings is 1. The molecule has 1 heterocycles. The molecule has 0 aliphatic rings. The average molecular weight is 283 g/mol. The number of carbonyl (C=O) groups excluding carboxylic acids is 1. The molecule has 0 spiro atoms. The Kier molecular flexibility index (Phi) is 4.38. The van der Waals surface area contributed by atoms with Gasteiger partial charge in [-0.25, -0.2) is 4.98 Å². The van der Waals surface area contributed by atoms with Crippen molar-refractivity contribution >= 4 is 11.7 Å². The van der Waals surface area contributed by atoms with Gasteiger partial charge in [0.2, 0.25) is 0 Å². The van der Waals surface area contributed by atoms with Crippen LogP contribution < -0.4 is 11.1 Å². The van der Waals surface area contributed by atoms with E-state index < -0.39 is 0 Å². The highest BCUT2D eigenvalue weighted by Crippen LogP contribution is 2.22. The van der Waals surface area contributed by atoms with E-state index >= 15 is 0 Å². The first-order valence-corrected chi connectivity index (χ1v) is 6.98. The third kappa shape index (κ3) is 3.89. The predicted octanol–water partition coefficient (Wildman–Crippen LogP) is 3.09. The fourth-order valence-electron chi connectivity index (χ4n) is 1.97. The van der Waals surface area contributed by atoms with Crippen LogP contribution in [0.2, 0.25) is 0 Å². The van der Waals surface area contributed by atoms with Gasteiger partial charge in [0.1, 0.15) is 5.82 Å². The Hall–Kier alpha value is -2.20. The van der Waals surface area contributed by atoms with Crippen LogP contribution in [0, 0.1) is 0 Å². The molecule has 3 N–H and O–H groups in total. The Labute approximate surface area is 125 Å². The van der Waals surface area contributed by atoms with Crippen LogP contribution in [0.4, 0.5) is 5.82 Å². The van der Waals surface area contributed by atoms with Gasteiger partial charge in [-0.05, 0) is 35.2 Å². The van der Waals surface area contributed by atoms with Crippen LogP contribution in [0.3, 0.4) is 0 Å². The first-order valence-electron chi connectivity index (χ1n) is 6.98. The molecule has 0 aliphatic carbocycles. The Balaban J connectivity index is 2.13. The van der Waals surface area contributed by atoms with Gasteiger partial charge in [-0.2, -0.15) is 0 Å². The number of rotatable bonds is 3. The van der Waals surface area contributed by atoms with Crippen molar-refractivity contribution in [3.63, 3.8) is 0 Å². The molecular weight excluding hydrogens is 262 g/mol. The van der Waals surface area contributed by atoms with Crippen LogP contribution in [0.15, 0.2) is 42.5 Å². The Morgan fingerprint density at radius 2 is 1.81 bits per heavy atom. The molecule has 0 atom stereocenters. The molecule has 0 saturated carbocycles. The molecule has 1 amide bonds. The van der Waals surface area contributed by atoms with Crippen LogP contribution in [0.1, 0.15) is 42.4 Å². The summed E-state index contributed by atoms with van der Waals surface area (Å²) in [6, 6.07) is 13.0. The van der Waals surface area contributed by atoms with Gasteiger partial charge in [0.15, 0.2) is 0 Å². The van der Waals surface area contributed by atoms with Crippen molar-refractivity contribution < 1.29 is 4.79 Å². The second-order valence-electron chi connectivity index (χ2n) is 6.00. The molecule has 1 aromatic heterocycles. The van der Waals surface area contributed by atoms with E-state index in [1.807, 2.05) is 36.4 Å². The summed E-state index contributed by atoms with van der Waals surface area (Å²) >= 11 is 0. The van der Waals surface area contributed by atoms with Gasteiger partial charge < -0.3 is 11.1 Å². The third-order valence-electron chi connectivity index (χ3n) is 3.27. The van der Waals surface area contributed by atoms with Gasteiger partial charge in [0.25, 0.3) is 5.91 Å². The number of carbonyl (C=O) groups is 1. The van der Waals surface area contributed by atoms with Crippen molar-refractivity contribution in [3.8, 4) is 0 Å². The lowest BCUT2D eigenvalue weighted by molar-refractivity contribution is 0.102. The Morgan fingerprint density at radius 1 is 1.14 bits per heavy atom. The van der Waals surface area contributed by atoms with Gasteiger partial charge >= 0.3 is 0 Å². The van der Waals surface area contributed by atoms with E-state index in [0.717, 1.165) is 5.69 Å². The smallest absolute Gasteiger partial charge is 0.256 e. The fourth-order valence-corrected chi connectivity index (χ4v) is 1.97. The maximum atomic E-state index is 12.2. The molecule has 0 bridgehead atoms. The first-order chi connectivity index (χ1) is 9.90. The van der Waals surface area contributed by atoms with E-state index in [4.69, 9.17) is 5.73 Å². The molecular formula is C17H21N3O. The van der Waals surface area contributed by atoms with E-state index in [9.17, 15) is 4.79 Å². The van der Waals surface area contributed by atoms with E-state index in [1.54, 1.807) is 6.07 Å². The normalized spacial score (nSPS) is 11.2. The van der Waals surface area contributed by atoms with Crippen LogP contribution in [0.5, 0.6) is 0 Å². The summed E-state index contributed by atoms with van der Waals surface area (Å²) in [5.74, 6) is 0.347. The molecule has 0 unspecified atom stereocenters. The lowest BCUT2D eigenvalue weighted by Gasteiger charge is -2.19. The van der Waals surface area contributed by atoms with Gasteiger partial charge in [-0.1, -0.05) is 39.0 Å². The maximum absolute atomic E-state index is 12.2. The average Bonchev–Trinajstić information content (AvgIpc) is 2.46. The Bertz CT molecular complexity index is 627. The summed E-state index contributed by atoms with van der Waals surface area (Å²) in [4.78, 5) is 16.4. The quantitative estimate of drug-likeness (QED) is 0.909. The molecule has 2 aromatic rings. The number of aromatic nitrogens is 1. The van der Waals surface area contributed by atoms with Crippen molar-refractivity contribution in [2.75, 3.05) is 5.32 Å². The zero-order valence-corrected chi connectivity index (χ0v) is 12.7. The zero-order chi connectivity index (χ0) is 15.5. The number of hydrogen-bond acceptors (Lipinski definition) is 3. The molecule has 21 heavy (non-hydrogen) atoms. The van der Waals surface area contributed by atoms with Crippen LogP contribution in [-0.2, 0) is 12.0 Å². The fraction of sp³-hybridized carbons (Fsp3) is 0.294. The summed E-state index contributed by atoms with van der Waals surface area (Å²) in [5, 5.41) is 2.79. The second kappa shape index (κ2) is 6.06. The van der Waals surface area contributed by atoms with E-state index in [0.29, 0.717) is 17.9 Å². The number of nitrogens with one attached hydrogen (secondary N) is 1. The second-order valence-corrected chi connectivity index (χ2v) is 6.00. The van der Waals surface area contributed by atoms with Crippen molar-refractivity contribution in [1.82, 2.24) is 4.98 Å². The number of hydrogen-bond donors (Lipinski definition) is 2. The van der Waals surface area contributed by atoms with Crippen molar-refractivity contribution in [1.29, 1.82) is 0 Å². The number of nitrogens with zero attached hydrogens (tertiary/aromatic N) is 1. The molecule has 0 radical (unpaired) electrons. The standard InChI is InChI=1S/C17H21N3O/c1-17(2,3)13-9-7-12(8-10-13)16(21)20-15-6-4-5-14(11-18)19-15/h4-10H,11,18H2,1-3H3,(H,19,20,21). The topological polar surface area (TPSA) is 68.0 Å². The SMILES string of the molecule is CC(C)(C)c1ccc(C(=O)Nc2cccc(CN)n2)cc1. The highest BCUT2D eigenvalue weighted by Gasteiger charge is 2.14. The van der Waals surface area contributed by atoms with Crippen LogP contribution in [0.25, 0.3) is 0 Å². The highest BCUT2D eigenvalue weighted by molar-refractivity contribution is 6.03. The van der Waals surface area contributed by atoms with Gasteiger partial charge in [0.05, 0.1) is 5.69 Å². The predicted molar refractivity (Wildman–Crippen MR) is 85.2 cm³/mol. The Morgan fingerprint density at radius 3 is 2.38 bits per heavy atom. The number of anilines is 1. The van der Waals surface area contributed by atoms with Gasteiger partial charge in [-0.3, -0.25) is 4.79 Å². The zero-order valence-electron chi connectivity index (χ0n) is 12.7. The van der Waals surface area contributed by atoms with E-state index in [1.165, 1.54) is 5.56 Å². The summed E-state index contributed by atoms with van der Waals surface area (Å²) in [7, 11) is 0. The maximum Gasteiger partial charge on any atom is 0.256 e. The molecule has 0 aliphatic heterocycles. The molecule has 2 rings (SSSR count). The summed E-state index contributed by atoms with van der Waals surface area (Å²) < 4.78 is 0. The largest absolute Gasteiger partial charge is 0.325 e. The summed E-state index contributed by atoms with van der Waals surface area (Å²) in [6.45, 7) is 6.78. The van der Waals surface area contributed by atoms with Gasteiger partial charge in [-0.15, -0.1) is 0 Å². The molecule has 1 aromatic carbocycles. The molecule has 0 fully saturated rings. The third-order valence-corrected chi connectivity index (χ3v) is 3.27.